The van der Waals surface area contributed by atoms with Crippen LogP contribution < -0.4 is 4.90 Å². The maximum absolute atomic E-state index is 13.3. The molecule has 9 nitrogen and oxygen atoms in total. The first-order valence-electron chi connectivity index (χ1n) is 10.7. The molecule has 0 bridgehead atoms. The van der Waals surface area contributed by atoms with Crippen molar-refractivity contribution in [3.8, 4) is 11.1 Å². The highest BCUT2D eigenvalue weighted by Gasteiger charge is 2.31. The molecule has 1 fully saturated rings. The maximum Gasteiger partial charge on any atom is 0.289 e. The Bertz CT molecular complexity index is 1300. The molecular formula is C24H24N6O3. The molecular weight excluding hydrogens is 420 g/mol. The summed E-state index contributed by atoms with van der Waals surface area (Å²) in [6, 6.07) is 7.67. The average Bonchev–Trinajstić information content (AvgIpc) is 3.27. The summed E-state index contributed by atoms with van der Waals surface area (Å²) in [7, 11) is 3.76. The van der Waals surface area contributed by atoms with E-state index in [2.05, 4.69) is 15.0 Å². The molecule has 0 radical (unpaired) electrons. The number of ether oxygens (including phenoxy) is 1. The zero-order valence-electron chi connectivity index (χ0n) is 18.7. The van der Waals surface area contributed by atoms with Gasteiger partial charge in [0.2, 0.25) is 5.95 Å². The van der Waals surface area contributed by atoms with Crippen LogP contribution in [0.15, 0.2) is 53.6 Å². The summed E-state index contributed by atoms with van der Waals surface area (Å²) in [6.07, 6.45) is 6.23. The number of rotatable bonds is 4. The minimum atomic E-state index is -0.425. The van der Waals surface area contributed by atoms with Gasteiger partial charge in [0.15, 0.2) is 5.76 Å². The third kappa shape index (κ3) is 4.14. The van der Waals surface area contributed by atoms with E-state index in [1.54, 1.807) is 29.6 Å². The number of carbonyl (C=O) groups is 1. The van der Waals surface area contributed by atoms with E-state index in [-0.39, 0.29) is 5.91 Å². The molecule has 0 spiro atoms. The van der Waals surface area contributed by atoms with Gasteiger partial charge in [0.05, 0.1) is 18.8 Å². The highest BCUT2D eigenvalue weighted by Crippen LogP contribution is 2.32. The molecule has 3 aromatic heterocycles. The van der Waals surface area contributed by atoms with E-state index in [0.717, 1.165) is 22.1 Å². The Kier molecular flexibility index (Phi) is 5.47. The Hall–Kier alpha value is -3.85. The van der Waals surface area contributed by atoms with Crippen LogP contribution in [0, 0.1) is 6.92 Å². The van der Waals surface area contributed by atoms with Crippen LogP contribution in [0.1, 0.15) is 27.9 Å². The Morgan fingerprint density at radius 2 is 1.97 bits per heavy atom. The number of hydrogen-bond donors (Lipinski definition) is 0. The van der Waals surface area contributed by atoms with E-state index in [1.807, 2.05) is 44.1 Å². The highest BCUT2D eigenvalue weighted by atomic mass is 16.5. The van der Waals surface area contributed by atoms with Crippen molar-refractivity contribution in [3.63, 3.8) is 0 Å². The van der Waals surface area contributed by atoms with Gasteiger partial charge in [0.25, 0.3) is 5.91 Å². The molecule has 1 atom stereocenters. The number of carbonyl (C=O) groups excluding carboxylic acids is 1. The molecule has 0 aliphatic carbocycles. The van der Waals surface area contributed by atoms with Gasteiger partial charge in [-0.05, 0) is 25.1 Å². The third-order valence-corrected chi connectivity index (χ3v) is 5.62. The van der Waals surface area contributed by atoms with Crippen molar-refractivity contribution in [2.75, 3.05) is 38.7 Å². The van der Waals surface area contributed by atoms with Gasteiger partial charge in [-0.15, -0.1) is 0 Å². The molecule has 9 heteroatoms. The molecule has 0 unspecified atom stereocenters. The first kappa shape index (κ1) is 21.0. The van der Waals surface area contributed by atoms with Gasteiger partial charge in [-0.1, -0.05) is 11.6 Å². The molecule has 33 heavy (non-hydrogen) atoms. The predicted molar refractivity (Wildman–Crippen MR) is 123 cm³/mol. The Morgan fingerprint density at radius 1 is 1.15 bits per heavy atom. The molecule has 0 saturated carbocycles. The standard InChI is InChI=1S/C24H24N6O3/c1-15-4-5-19-16(8-15)9-20(33-19)23(31)30-6-7-32-21(13-30)22-18(17-10-25-14-26-11-17)12-27-24(28-22)29(2)3/h4-5,8-12,14,21H,6-7,13H2,1-3H3/t21-/m0/s1. The summed E-state index contributed by atoms with van der Waals surface area (Å²) < 4.78 is 11.9. The smallest absolute Gasteiger partial charge is 0.289 e. The molecule has 4 aromatic rings. The number of nitrogens with zero attached hydrogens (tertiary/aromatic N) is 6. The van der Waals surface area contributed by atoms with Crippen LogP contribution >= 0.6 is 0 Å². The molecule has 168 valence electrons. The Labute approximate surface area is 191 Å². The molecule has 4 heterocycles. The fraction of sp³-hybridized carbons (Fsp3) is 0.292. The van der Waals surface area contributed by atoms with Crippen LogP contribution in [-0.4, -0.2) is 64.5 Å². The van der Waals surface area contributed by atoms with Crippen LogP contribution in [0.2, 0.25) is 0 Å². The maximum atomic E-state index is 13.3. The number of amides is 1. The molecule has 0 N–H and O–H groups in total. The quantitative estimate of drug-likeness (QED) is 0.473. The summed E-state index contributed by atoms with van der Waals surface area (Å²) in [5.41, 5.74) is 4.08. The predicted octanol–water partition coefficient (Wildman–Crippen LogP) is 3.27. The SMILES string of the molecule is Cc1ccc2oc(C(=O)N3CCO[C@H](c4nc(N(C)C)ncc4-c4cncnc4)C3)cc2c1. The van der Waals surface area contributed by atoms with Crippen molar-refractivity contribution in [2.24, 2.45) is 0 Å². The van der Waals surface area contributed by atoms with E-state index in [0.29, 0.717) is 42.7 Å². The van der Waals surface area contributed by atoms with Crippen molar-refractivity contribution >= 4 is 22.8 Å². The van der Waals surface area contributed by atoms with Crippen LogP contribution in [0.5, 0.6) is 0 Å². The highest BCUT2D eigenvalue weighted by molar-refractivity contribution is 5.96. The van der Waals surface area contributed by atoms with Crippen molar-refractivity contribution in [1.82, 2.24) is 24.8 Å². The number of fused-ring (bicyclic) bond motifs is 1. The van der Waals surface area contributed by atoms with Crippen molar-refractivity contribution < 1.29 is 13.9 Å². The van der Waals surface area contributed by atoms with Crippen LogP contribution in [-0.2, 0) is 4.74 Å². The van der Waals surface area contributed by atoms with Gasteiger partial charge in [-0.2, -0.15) is 0 Å². The second-order valence-electron chi connectivity index (χ2n) is 8.25. The Morgan fingerprint density at radius 3 is 2.76 bits per heavy atom. The number of benzene rings is 1. The van der Waals surface area contributed by atoms with Gasteiger partial charge in [0, 0.05) is 55.7 Å². The average molecular weight is 444 g/mol. The lowest BCUT2D eigenvalue weighted by Gasteiger charge is -2.33. The van der Waals surface area contributed by atoms with E-state index in [9.17, 15) is 4.79 Å². The minimum absolute atomic E-state index is 0.163. The lowest BCUT2D eigenvalue weighted by molar-refractivity contribution is -0.0253. The van der Waals surface area contributed by atoms with Crippen LogP contribution in [0.25, 0.3) is 22.1 Å². The number of aryl methyl sites for hydroxylation is 1. The van der Waals surface area contributed by atoms with Gasteiger partial charge >= 0.3 is 0 Å². The number of anilines is 1. The normalized spacial score (nSPS) is 16.2. The minimum Gasteiger partial charge on any atom is -0.451 e. The van der Waals surface area contributed by atoms with Crippen LogP contribution in [0.4, 0.5) is 5.95 Å². The third-order valence-electron chi connectivity index (χ3n) is 5.62. The zero-order valence-corrected chi connectivity index (χ0v) is 18.7. The largest absolute Gasteiger partial charge is 0.451 e. The number of hydrogen-bond acceptors (Lipinski definition) is 8. The second kappa shape index (κ2) is 8.59. The van der Waals surface area contributed by atoms with E-state index in [4.69, 9.17) is 14.1 Å². The fourth-order valence-corrected chi connectivity index (χ4v) is 3.93. The molecule has 1 aliphatic rings. The molecule has 1 aliphatic heterocycles. The zero-order chi connectivity index (χ0) is 22.9. The van der Waals surface area contributed by atoms with Gasteiger partial charge in [-0.25, -0.2) is 19.9 Å². The number of aromatic nitrogens is 4. The van der Waals surface area contributed by atoms with Crippen molar-refractivity contribution in [1.29, 1.82) is 0 Å². The topological polar surface area (TPSA) is 97.5 Å². The van der Waals surface area contributed by atoms with Gasteiger partial charge < -0.3 is 19.0 Å². The van der Waals surface area contributed by atoms with Gasteiger partial charge in [0.1, 0.15) is 18.0 Å². The lowest BCUT2D eigenvalue weighted by Crippen LogP contribution is -2.42. The fourth-order valence-electron chi connectivity index (χ4n) is 3.93. The summed E-state index contributed by atoms with van der Waals surface area (Å²) >= 11 is 0. The number of furan rings is 1. The van der Waals surface area contributed by atoms with Crippen LogP contribution in [0.3, 0.4) is 0 Å². The molecule has 1 amide bonds. The summed E-state index contributed by atoms with van der Waals surface area (Å²) in [6.45, 7) is 3.22. The van der Waals surface area contributed by atoms with Crippen molar-refractivity contribution in [3.05, 3.63) is 66.2 Å². The first-order chi connectivity index (χ1) is 16.0. The van der Waals surface area contributed by atoms with E-state index < -0.39 is 6.10 Å². The molecule has 1 aromatic carbocycles. The monoisotopic (exact) mass is 444 g/mol. The van der Waals surface area contributed by atoms with Gasteiger partial charge in [-0.3, -0.25) is 4.79 Å². The number of morpholine rings is 1. The van der Waals surface area contributed by atoms with Crippen molar-refractivity contribution in [2.45, 2.75) is 13.0 Å². The summed E-state index contributed by atoms with van der Waals surface area (Å²) in [4.78, 5) is 34.3. The summed E-state index contributed by atoms with van der Waals surface area (Å²) in [5, 5.41) is 0.918. The Balaban J connectivity index is 1.46. The van der Waals surface area contributed by atoms with E-state index in [1.165, 1.54) is 6.33 Å². The summed E-state index contributed by atoms with van der Waals surface area (Å²) in [5.74, 6) is 0.721. The van der Waals surface area contributed by atoms with E-state index >= 15 is 0 Å². The first-order valence-corrected chi connectivity index (χ1v) is 10.7. The lowest BCUT2D eigenvalue weighted by atomic mass is 10.0. The molecule has 1 saturated heterocycles. The second-order valence-corrected chi connectivity index (χ2v) is 8.25. The molecule has 5 rings (SSSR count).